The molecule has 1 heterocycles. The zero-order valence-electron chi connectivity index (χ0n) is 11.7. The molecule has 3 nitrogen and oxygen atoms in total. The molecule has 2 aromatic carbocycles. The van der Waals surface area contributed by atoms with Crippen molar-refractivity contribution in [3.63, 3.8) is 0 Å². The Labute approximate surface area is 137 Å². The quantitative estimate of drug-likeness (QED) is 0.654. The highest BCUT2D eigenvalue weighted by Gasteiger charge is 2.09. The highest BCUT2D eigenvalue weighted by atomic mass is 35.5. The Kier molecular flexibility index (Phi) is 3.89. The molecule has 1 N–H and O–H groups in total. The predicted molar refractivity (Wildman–Crippen MR) is 90.8 cm³/mol. The summed E-state index contributed by atoms with van der Waals surface area (Å²) >= 11 is 12.0. The van der Waals surface area contributed by atoms with Crippen LogP contribution in [-0.4, -0.2) is 9.97 Å². The summed E-state index contributed by atoms with van der Waals surface area (Å²) in [5.41, 5.74) is 3.99. The van der Waals surface area contributed by atoms with Gasteiger partial charge in [-0.15, -0.1) is 0 Å². The maximum atomic E-state index is 9.42. The topological polar surface area (TPSA) is 52.5 Å². The molecule has 0 spiro atoms. The first-order valence-electron chi connectivity index (χ1n) is 6.60. The van der Waals surface area contributed by atoms with E-state index in [1.54, 1.807) is 24.3 Å². The predicted octanol–water partition coefficient (Wildman–Crippen LogP) is 5.24. The molecular formula is C17H11Cl2N3. The van der Waals surface area contributed by atoms with Crippen molar-refractivity contribution in [2.45, 2.75) is 6.92 Å². The number of aryl methyl sites for hydroxylation is 1. The lowest BCUT2D eigenvalue weighted by Crippen LogP contribution is -1.85. The van der Waals surface area contributed by atoms with E-state index < -0.39 is 0 Å². The minimum Gasteiger partial charge on any atom is -0.337 e. The Morgan fingerprint density at radius 3 is 2.77 bits per heavy atom. The third kappa shape index (κ3) is 2.85. The maximum absolute atomic E-state index is 9.42. The van der Waals surface area contributed by atoms with Crippen LogP contribution in [0.25, 0.3) is 22.7 Å². The average molecular weight is 328 g/mol. The van der Waals surface area contributed by atoms with Crippen LogP contribution in [0.5, 0.6) is 0 Å². The minimum atomic E-state index is 0.415. The van der Waals surface area contributed by atoms with Gasteiger partial charge in [-0.3, -0.25) is 0 Å². The molecule has 5 heteroatoms. The summed E-state index contributed by atoms with van der Waals surface area (Å²) in [6.45, 7) is 2.01. The Balaban J connectivity index is 2.09. The smallest absolute Gasteiger partial charge is 0.149 e. The van der Waals surface area contributed by atoms with E-state index in [2.05, 4.69) is 16.0 Å². The number of hydrogen-bond acceptors (Lipinski definition) is 2. The van der Waals surface area contributed by atoms with E-state index in [0.717, 1.165) is 22.2 Å². The van der Waals surface area contributed by atoms with Gasteiger partial charge in [-0.1, -0.05) is 35.3 Å². The van der Waals surface area contributed by atoms with E-state index in [4.69, 9.17) is 23.2 Å². The highest BCUT2D eigenvalue weighted by molar-refractivity contribution is 6.35. The van der Waals surface area contributed by atoms with Crippen LogP contribution in [0.2, 0.25) is 10.0 Å². The van der Waals surface area contributed by atoms with Gasteiger partial charge in [-0.2, -0.15) is 5.26 Å². The van der Waals surface area contributed by atoms with Crippen molar-refractivity contribution in [3.8, 4) is 6.07 Å². The molecule has 0 fully saturated rings. The van der Waals surface area contributed by atoms with Crippen LogP contribution in [0, 0.1) is 18.3 Å². The fourth-order valence-corrected chi connectivity index (χ4v) is 2.64. The molecule has 0 aliphatic rings. The summed E-state index contributed by atoms with van der Waals surface area (Å²) in [5.74, 6) is 0.522. The van der Waals surface area contributed by atoms with Crippen molar-refractivity contribution in [1.82, 2.24) is 9.97 Å². The van der Waals surface area contributed by atoms with Crippen molar-refractivity contribution < 1.29 is 0 Å². The summed E-state index contributed by atoms with van der Waals surface area (Å²) in [7, 11) is 0. The number of aromatic amines is 1. The summed E-state index contributed by atoms with van der Waals surface area (Å²) in [4.78, 5) is 7.62. The Bertz CT molecular complexity index is 933. The molecule has 0 aliphatic carbocycles. The second kappa shape index (κ2) is 5.84. The Morgan fingerprint density at radius 2 is 2.05 bits per heavy atom. The molecular weight excluding hydrogens is 317 g/mol. The lowest BCUT2D eigenvalue weighted by atomic mass is 10.1. The van der Waals surface area contributed by atoms with E-state index in [9.17, 15) is 5.26 Å². The van der Waals surface area contributed by atoms with Crippen LogP contribution in [0.3, 0.4) is 0 Å². The lowest BCUT2D eigenvalue weighted by molar-refractivity contribution is 1.27. The molecule has 0 unspecified atom stereocenters. The van der Waals surface area contributed by atoms with Crippen LogP contribution in [0.4, 0.5) is 0 Å². The number of allylic oxidation sites excluding steroid dienone is 1. The fourth-order valence-electron chi connectivity index (χ4n) is 2.18. The monoisotopic (exact) mass is 327 g/mol. The van der Waals surface area contributed by atoms with Crippen molar-refractivity contribution in [2.24, 2.45) is 0 Å². The van der Waals surface area contributed by atoms with Gasteiger partial charge < -0.3 is 4.98 Å². The summed E-state index contributed by atoms with van der Waals surface area (Å²) in [6.07, 6.45) is 1.70. The molecule has 0 bridgehead atoms. The maximum Gasteiger partial charge on any atom is 0.149 e. The highest BCUT2D eigenvalue weighted by Crippen LogP contribution is 2.26. The van der Waals surface area contributed by atoms with Crippen LogP contribution in [0.1, 0.15) is 17.0 Å². The van der Waals surface area contributed by atoms with Gasteiger partial charge in [-0.25, -0.2) is 4.98 Å². The molecule has 0 radical (unpaired) electrons. The lowest BCUT2D eigenvalue weighted by Gasteiger charge is -2.00. The summed E-state index contributed by atoms with van der Waals surface area (Å²) in [6, 6.07) is 13.2. The number of hydrogen-bond donors (Lipinski definition) is 1. The van der Waals surface area contributed by atoms with E-state index >= 15 is 0 Å². The number of nitrogens with zero attached hydrogens (tertiary/aromatic N) is 2. The number of nitriles is 1. The molecule has 3 rings (SSSR count). The van der Waals surface area contributed by atoms with Crippen molar-refractivity contribution >= 4 is 45.9 Å². The van der Waals surface area contributed by atoms with Gasteiger partial charge in [0, 0.05) is 10.0 Å². The van der Waals surface area contributed by atoms with Crippen LogP contribution >= 0.6 is 23.2 Å². The number of rotatable bonds is 2. The number of aromatic nitrogens is 2. The third-order valence-electron chi connectivity index (χ3n) is 3.28. The van der Waals surface area contributed by atoms with Crippen molar-refractivity contribution in [1.29, 1.82) is 5.26 Å². The van der Waals surface area contributed by atoms with Crippen LogP contribution in [-0.2, 0) is 0 Å². The van der Waals surface area contributed by atoms with Gasteiger partial charge in [0.15, 0.2) is 0 Å². The summed E-state index contributed by atoms with van der Waals surface area (Å²) < 4.78 is 0. The number of benzene rings is 2. The number of H-pyrrole nitrogens is 1. The van der Waals surface area contributed by atoms with Gasteiger partial charge in [-0.05, 0) is 48.4 Å². The van der Waals surface area contributed by atoms with Crippen LogP contribution in [0.15, 0.2) is 36.4 Å². The first kappa shape index (κ1) is 14.6. The zero-order valence-corrected chi connectivity index (χ0v) is 13.2. The molecule has 0 saturated carbocycles. The van der Waals surface area contributed by atoms with Crippen LogP contribution < -0.4 is 0 Å². The third-order valence-corrected chi connectivity index (χ3v) is 3.84. The minimum absolute atomic E-state index is 0.415. The van der Waals surface area contributed by atoms with Crippen molar-refractivity contribution in [2.75, 3.05) is 0 Å². The Hall–Kier alpha value is -2.28. The molecule has 0 atom stereocenters. The SMILES string of the molecule is Cc1ccc2nc(/C(C#N)=C/c3ccc(Cl)cc3Cl)[nH]c2c1. The fraction of sp³-hybridized carbons (Fsp3) is 0.0588. The van der Waals surface area contributed by atoms with E-state index in [-0.39, 0.29) is 0 Å². The number of halogens is 2. The molecule has 0 amide bonds. The molecule has 0 aliphatic heterocycles. The standard InChI is InChI=1S/C17H11Cl2N3/c1-10-2-5-15-16(6-10)22-17(21-15)12(9-20)7-11-3-4-13(18)8-14(11)19/h2-8H,1H3,(H,21,22)/b12-7+. The van der Waals surface area contributed by atoms with Gasteiger partial charge >= 0.3 is 0 Å². The van der Waals surface area contributed by atoms with Gasteiger partial charge in [0.25, 0.3) is 0 Å². The Morgan fingerprint density at radius 1 is 1.23 bits per heavy atom. The number of imidazole rings is 1. The van der Waals surface area contributed by atoms with Gasteiger partial charge in [0.05, 0.1) is 16.6 Å². The molecule has 1 aromatic heterocycles. The zero-order chi connectivity index (χ0) is 15.7. The van der Waals surface area contributed by atoms with E-state index in [1.165, 1.54) is 0 Å². The second-order valence-corrected chi connectivity index (χ2v) is 5.79. The number of fused-ring (bicyclic) bond motifs is 1. The molecule has 0 saturated heterocycles. The first-order chi connectivity index (χ1) is 10.6. The largest absolute Gasteiger partial charge is 0.337 e. The molecule has 3 aromatic rings. The summed E-state index contributed by atoms with van der Waals surface area (Å²) in [5, 5.41) is 10.5. The normalized spacial score (nSPS) is 11.6. The van der Waals surface area contributed by atoms with Gasteiger partial charge in [0.2, 0.25) is 0 Å². The van der Waals surface area contributed by atoms with Gasteiger partial charge in [0.1, 0.15) is 11.9 Å². The number of nitrogens with one attached hydrogen (secondary N) is 1. The van der Waals surface area contributed by atoms with Crippen molar-refractivity contribution in [3.05, 3.63) is 63.4 Å². The van der Waals surface area contributed by atoms with E-state index in [0.29, 0.717) is 21.4 Å². The van der Waals surface area contributed by atoms with E-state index in [1.807, 2.05) is 25.1 Å². The molecule has 22 heavy (non-hydrogen) atoms. The second-order valence-electron chi connectivity index (χ2n) is 4.94. The average Bonchev–Trinajstić information content (AvgIpc) is 2.89. The first-order valence-corrected chi connectivity index (χ1v) is 7.36. The molecule has 108 valence electrons.